The summed E-state index contributed by atoms with van der Waals surface area (Å²) >= 11 is 9.46. The van der Waals surface area contributed by atoms with Crippen molar-refractivity contribution in [2.75, 3.05) is 6.79 Å². The molecule has 1 unspecified atom stereocenters. The van der Waals surface area contributed by atoms with Gasteiger partial charge >= 0.3 is 0 Å². The first-order chi connectivity index (χ1) is 11.1. The zero-order chi connectivity index (χ0) is 16.0. The van der Waals surface area contributed by atoms with E-state index < -0.39 is 0 Å². The summed E-state index contributed by atoms with van der Waals surface area (Å²) in [5, 5.41) is 0.527. The summed E-state index contributed by atoms with van der Waals surface area (Å²) in [6.45, 7) is 0.684. The molecule has 6 heteroatoms. The van der Waals surface area contributed by atoms with Crippen molar-refractivity contribution >= 4 is 33.3 Å². The van der Waals surface area contributed by atoms with Crippen molar-refractivity contribution in [2.24, 2.45) is 0 Å². The van der Waals surface area contributed by atoms with Gasteiger partial charge in [-0.05, 0) is 30.3 Å². The number of ether oxygens (including phenoxy) is 3. The van der Waals surface area contributed by atoms with Crippen molar-refractivity contribution in [3.05, 3.63) is 56.5 Å². The molecule has 0 fully saturated rings. The summed E-state index contributed by atoms with van der Waals surface area (Å²) in [5.74, 6) is 1.31. The molecule has 0 saturated carbocycles. The van der Waals surface area contributed by atoms with Crippen LogP contribution >= 0.6 is 27.5 Å². The Balaban J connectivity index is 1.76. The maximum Gasteiger partial charge on any atom is 0.189 e. The highest BCUT2D eigenvalue weighted by Crippen LogP contribution is 2.42. The molecule has 0 aliphatic carbocycles. The number of rotatable bonds is 1. The zero-order valence-corrected chi connectivity index (χ0v) is 14.3. The van der Waals surface area contributed by atoms with E-state index in [0.29, 0.717) is 22.9 Å². The summed E-state index contributed by atoms with van der Waals surface area (Å²) in [4.78, 5) is 12.5. The molecule has 2 aliphatic heterocycles. The van der Waals surface area contributed by atoms with Gasteiger partial charge in [0.15, 0.2) is 12.6 Å². The van der Waals surface area contributed by atoms with E-state index in [1.807, 2.05) is 12.1 Å². The second-order valence-corrected chi connectivity index (χ2v) is 6.82. The van der Waals surface area contributed by atoms with E-state index in [1.54, 1.807) is 18.2 Å². The van der Waals surface area contributed by atoms with Gasteiger partial charge in [-0.2, -0.15) is 0 Å². The molecule has 1 atom stereocenters. The molecule has 0 amide bonds. The van der Waals surface area contributed by atoms with Gasteiger partial charge in [0, 0.05) is 20.6 Å². The Morgan fingerprint density at radius 1 is 1.22 bits per heavy atom. The van der Waals surface area contributed by atoms with Crippen LogP contribution in [0.2, 0.25) is 5.02 Å². The SMILES string of the molecule is O=C1CC(c2cc(Br)cc3c2OCOC3)Oc2ccc(Cl)cc21. The number of halogens is 2. The van der Waals surface area contributed by atoms with Crippen LogP contribution in [0.5, 0.6) is 11.5 Å². The Hall–Kier alpha value is -1.56. The van der Waals surface area contributed by atoms with Crippen LogP contribution < -0.4 is 9.47 Å². The fraction of sp³-hybridized carbons (Fsp3) is 0.235. The molecule has 0 saturated heterocycles. The third kappa shape index (κ3) is 2.73. The smallest absolute Gasteiger partial charge is 0.189 e. The van der Waals surface area contributed by atoms with E-state index in [-0.39, 0.29) is 25.1 Å². The van der Waals surface area contributed by atoms with Gasteiger partial charge in [-0.15, -0.1) is 0 Å². The Morgan fingerprint density at radius 3 is 2.96 bits per heavy atom. The lowest BCUT2D eigenvalue weighted by atomic mass is 9.94. The van der Waals surface area contributed by atoms with Crippen LogP contribution in [-0.4, -0.2) is 12.6 Å². The molecule has 23 heavy (non-hydrogen) atoms. The summed E-state index contributed by atoms with van der Waals surface area (Å²) in [6, 6.07) is 8.99. The molecular formula is C17H12BrClO4. The predicted octanol–water partition coefficient (Wildman–Crippen LogP) is 4.68. The van der Waals surface area contributed by atoms with Crippen molar-refractivity contribution in [3.63, 3.8) is 0 Å². The predicted molar refractivity (Wildman–Crippen MR) is 88.2 cm³/mol. The minimum atomic E-state index is -0.388. The van der Waals surface area contributed by atoms with Gasteiger partial charge < -0.3 is 14.2 Å². The fourth-order valence-corrected chi connectivity index (χ4v) is 3.61. The van der Waals surface area contributed by atoms with E-state index >= 15 is 0 Å². The lowest BCUT2D eigenvalue weighted by Gasteiger charge is -2.29. The Kier molecular flexibility index (Phi) is 3.79. The van der Waals surface area contributed by atoms with E-state index in [2.05, 4.69) is 15.9 Å². The van der Waals surface area contributed by atoms with E-state index in [0.717, 1.165) is 21.3 Å². The first-order valence-corrected chi connectivity index (χ1v) is 8.31. The van der Waals surface area contributed by atoms with Gasteiger partial charge in [0.05, 0.1) is 18.6 Å². The van der Waals surface area contributed by atoms with Crippen molar-refractivity contribution < 1.29 is 19.0 Å². The van der Waals surface area contributed by atoms with Crippen LogP contribution in [0.4, 0.5) is 0 Å². The maximum atomic E-state index is 12.5. The molecule has 4 nitrogen and oxygen atoms in total. The Morgan fingerprint density at radius 2 is 2.09 bits per heavy atom. The Bertz CT molecular complexity index is 805. The van der Waals surface area contributed by atoms with Crippen LogP contribution in [0.3, 0.4) is 0 Å². The average molecular weight is 396 g/mol. The summed E-state index contributed by atoms with van der Waals surface area (Å²) in [6.07, 6.45) is -0.138. The molecule has 0 radical (unpaired) electrons. The summed E-state index contributed by atoms with van der Waals surface area (Å²) in [5.41, 5.74) is 2.33. The third-order valence-corrected chi connectivity index (χ3v) is 4.63. The van der Waals surface area contributed by atoms with Crippen LogP contribution in [0.1, 0.15) is 34.0 Å². The third-order valence-electron chi connectivity index (χ3n) is 3.93. The highest BCUT2D eigenvalue weighted by atomic mass is 79.9. The van der Waals surface area contributed by atoms with E-state index in [1.165, 1.54) is 0 Å². The quantitative estimate of drug-likeness (QED) is 0.703. The van der Waals surface area contributed by atoms with Crippen molar-refractivity contribution in [1.82, 2.24) is 0 Å². The minimum Gasteiger partial charge on any atom is -0.484 e. The number of ketones is 1. The highest BCUT2D eigenvalue weighted by molar-refractivity contribution is 9.10. The molecule has 2 aromatic rings. The Labute approximate surface area is 146 Å². The largest absolute Gasteiger partial charge is 0.484 e. The highest BCUT2D eigenvalue weighted by Gasteiger charge is 2.31. The van der Waals surface area contributed by atoms with Gasteiger partial charge in [0.25, 0.3) is 0 Å². The van der Waals surface area contributed by atoms with Crippen molar-refractivity contribution in [3.8, 4) is 11.5 Å². The number of Topliss-reactive ketones (excluding diaryl/α,β-unsaturated/α-hetero) is 1. The lowest BCUT2D eigenvalue weighted by molar-refractivity contribution is -0.0184. The first-order valence-electron chi connectivity index (χ1n) is 7.14. The van der Waals surface area contributed by atoms with Crippen LogP contribution in [0, 0.1) is 0 Å². The second-order valence-electron chi connectivity index (χ2n) is 5.47. The van der Waals surface area contributed by atoms with Gasteiger partial charge in [-0.3, -0.25) is 4.79 Å². The second kappa shape index (κ2) is 5.82. The van der Waals surface area contributed by atoms with E-state index in [4.69, 9.17) is 25.8 Å². The molecule has 118 valence electrons. The zero-order valence-electron chi connectivity index (χ0n) is 12.0. The molecule has 0 aromatic heterocycles. The van der Waals surface area contributed by atoms with Crippen LogP contribution in [-0.2, 0) is 11.3 Å². The summed E-state index contributed by atoms with van der Waals surface area (Å²) in [7, 11) is 0. The number of carbonyl (C=O) groups is 1. The number of carbonyl (C=O) groups excluding carboxylic acids is 1. The van der Waals surface area contributed by atoms with Crippen molar-refractivity contribution in [2.45, 2.75) is 19.1 Å². The molecule has 0 bridgehead atoms. The number of hydrogen-bond donors (Lipinski definition) is 0. The number of benzene rings is 2. The van der Waals surface area contributed by atoms with Gasteiger partial charge in [-0.25, -0.2) is 0 Å². The molecule has 0 spiro atoms. The molecule has 0 N–H and O–H groups in total. The topological polar surface area (TPSA) is 44.8 Å². The lowest BCUT2D eigenvalue weighted by Crippen LogP contribution is -2.22. The summed E-state index contributed by atoms with van der Waals surface area (Å²) < 4.78 is 17.9. The number of hydrogen-bond acceptors (Lipinski definition) is 4. The molecule has 4 rings (SSSR count). The van der Waals surface area contributed by atoms with Gasteiger partial charge in [0.2, 0.25) is 0 Å². The van der Waals surface area contributed by atoms with Crippen molar-refractivity contribution in [1.29, 1.82) is 0 Å². The molecule has 2 aliphatic rings. The minimum absolute atomic E-state index is 0.0135. The van der Waals surface area contributed by atoms with Gasteiger partial charge in [0.1, 0.15) is 17.6 Å². The first kappa shape index (κ1) is 15.0. The molecule has 2 aromatic carbocycles. The van der Waals surface area contributed by atoms with Crippen LogP contribution in [0.15, 0.2) is 34.8 Å². The normalized spacial score (nSPS) is 19.4. The van der Waals surface area contributed by atoms with Crippen LogP contribution in [0.25, 0.3) is 0 Å². The monoisotopic (exact) mass is 394 g/mol. The molecule has 2 heterocycles. The maximum absolute atomic E-state index is 12.5. The van der Waals surface area contributed by atoms with Gasteiger partial charge in [-0.1, -0.05) is 27.5 Å². The van der Waals surface area contributed by atoms with E-state index in [9.17, 15) is 4.79 Å². The average Bonchev–Trinajstić information content (AvgIpc) is 2.54. The number of fused-ring (bicyclic) bond motifs is 2. The molecular weight excluding hydrogens is 384 g/mol. The fourth-order valence-electron chi connectivity index (χ4n) is 2.92. The standard InChI is InChI=1S/C17H12BrClO4/c18-10-3-9-7-21-8-22-17(9)13(4-10)16-6-14(20)12-5-11(19)1-2-15(12)23-16/h1-5,16H,6-8H2.